The van der Waals surface area contributed by atoms with Crippen molar-refractivity contribution in [2.24, 2.45) is 5.73 Å². The Labute approximate surface area is 93.9 Å². The molecule has 0 radical (unpaired) electrons. The van der Waals surface area contributed by atoms with Crippen molar-refractivity contribution >= 4 is 11.0 Å². The van der Waals surface area contributed by atoms with E-state index in [9.17, 15) is 0 Å². The Morgan fingerprint density at radius 3 is 2.75 bits per heavy atom. The molecule has 16 heavy (non-hydrogen) atoms. The largest absolute Gasteiger partial charge is 0.497 e. The summed E-state index contributed by atoms with van der Waals surface area (Å²) in [4.78, 5) is 0. The van der Waals surface area contributed by atoms with Crippen LogP contribution in [0.4, 0.5) is 0 Å². The number of rotatable bonds is 4. The molecule has 2 rings (SSSR count). The standard InChI is InChI=1S/C12H15NO3/c1-14-7-10-9-4-3-8(15-2)5-11(9)16-12(10)6-13/h3-5H,6-7,13H2,1-2H3. The lowest BCUT2D eigenvalue weighted by atomic mass is 10.1. The lowest BCUT2D eigenvalue weighted by Crippen LogP contribution is -1.99. The van der Waals surface area contributed by atoms with Crippen molar-refractivity contribution in [2.75, 3.05) is 14.2 Å². The van der Waals surface area contributed by atoms with Crippen LogP contribution in [0.25, 0.3) is 11.0 Å². The van der Waals surface area contributed by atoms with E-state index >= 15 is 0 Å². The number of hydrogen-bond acceptors (Lipinski definition) is 4. The van der Waals surface area contributed by atoms with E-state index in [1.165, 1.54) is 0 Å². The Morgan fingerprint density at radius 1 is 1.31 bits per heavy atom. The van der Waals surface area contributed by atoms with Gasteiger partial charge in [-0.15, -0.1) is 0 Å². The summed E-state index contributed by atoms with van der Waals surface area (Å²) < 4.78 is 15.9. The topological polar surface area (TPSA) is 57.6 Å². The molecular formula is C12H15NO3. The van der Waals surface area contributed by atoms with E-state index in [4.69, 9.17) is 19.6 Å². The first-order chi connectivity index (χ1) is 7.80. The van der Waals surface area contributed by atoms with Crippen LogP contribution in [-0.4, -0.2) is 14.2 Å². The van der Waals surface area contributed by atoms with Gasteiger partial charge in [0.1, 0.15) is 17.1 Å². The summed E-state index contributed by atoms with van der Waals surface area (Å²) in [6.07, 6.45) is 0. The fourth-order valence-corrected chi connectivity index (χ4v) is 1.78. The van der Waals surface area contributed by atoms with Gasteiger partial charge in [0, 0.05) is 24.1 Å². The van der Waals surface area contributed by atoms with Crippen LogP contribution in [0.15, 0.2) is 22.6 Å². The molecule has 1 heterocycles. The maximum atomic E-state index is 5.66. The lowest BCUT2D eigenvalue weighted by Gasteiger charge is -2.00. The minimum atomic E-state index is 0.371. The second kappa shape index (κ2) is 4.55. The fourth-order valence-electron chi connectivity index (χ4n) is 1.78. The van der Waals surface area contributed by atoms with Crippen LogP contribution >= 0.6 is 0 Å². The van der Waals surface area contributed by atoms with E-state index < -0.39 is 0 Å². The molecule has 0 bridgehead atoms. The van der Waals surface area contributed by atoms with Gasteiger partial charge in [0.2, 0.25) is 0 Å². The van der Waals surface area contributed by atoms with Gasteiger partial charge in [-0.3, -0.25) is 0 Å². The first-order valence-corrected chi connectivity index (χ1v) is 5.07. The van der Waals surface area contributed by atoms with Gasteiger partial charge in [0.25, 0.3) is 0 Å². The van der Waals surface area contributed by atoms with E-state index in [0.717, 1.165) is 28.0 Å². The van der Waals surface area contributed by atoms with Crippen LogP contribution in [0.2, 0.25) is 0 Å². The minimum absolute atomic E-state index is 0.371. The fraction of sp³-hybridized carbons (Fsp3) is 0.333. The second-order valence-electron chi connectivity index (χ2n) is 3.50. The van der Waals surface area contributed by atoms with Crippen molar-refractivity contribution in [3.63, 3.8) is 0 Å². The molecule has 0 aliphatic carbocycles. The molecular weight excluding hydrogens is 206 g/mol. The Hall–Kier alpha value is -1.52. The molecule has 86 valence electrons. The molecule has 0 unspecified atom stereocenters. The molecule has 0 amide bonds. The molecule has 0 saturated carbocycles. The predicted molar refractivity (Wildman–Crippen MR) is 61.4 cm³/mol. The Bertz CT molecular complexity index is 490. The molecule has 2 N–H and O–H groups in total. The van der Waals surface area contributed by atoms with Crippen LogP contribution in [0.3, 0.4) is 0 Å². The Kier molecular flexibility index (Phi) is 3.12. The number of furan rings is 1. The van der Waals surface area contributed by atoms with E-state index in [0.29, 0.717) is 13.2 Å². The highest BCUT2D eigenvalue weighted by Crippen LogP contribution is 2.29. The number of fused-ring (bicyclic) bond motifs is 1. The van der Waals surface area contributed by atoms with Gasteiger partial charge in [0.05, 0.1) is 20.3 Å². The smallest absolute Gasteiger partial charge is 0.138 e. The summed E-state index contributed by atoms with van der Waals surface area (Å²) in [5.41, 5.74) is 7.44. The molecule has 0 saturated heterocycles. The zero-order valence-corrected chi connectivity index (χ0v) is 9.45. The molecule has 0 spiro atoms. The van der Waals surface area contributed by atoms with Gasteiger partial charge >= 0.3 is 0 Å². The molecule has 1 aromatic heterocycles. The summed E-state index contributed by atoms with van der Waals surface area (Å²) in [7, 11) is 3.28. The van der Waals surface area contributed by atoms with Crippen molar-refractivity contribution in [1.82, 2.24) is 0 Å². The van der Waals surface area contributed by atoms with E-state index in [-0.39, 0.29) is 0 Å². The average Bonchev–Trinajstić information content (AvgIpc) is 2.67. The number of nitrogens with two attached hydrogens (primary N) is 1. The van der Waals surface area contributed by atoms with Crippen molar-refractivity contribution in [2.45, 2.75) is 13.2 Å². The van der Waals surface area contributed by atoms with Gasteiger partial charge in [-0.05, 0) is 12.1 Å². The van der Waals surface area contributed by atoms with Gasteiger partial charge in [0.15, 0.2) is 0 Å². The number of hydrogen-bond donors (Lipinski definition) is 1. The molecule has 0 atom stereocenters. The van der Waals surface area contributed by atoms with Crippen molar-refractivity contribution in [3.8, 4) is 5.75 Å². The first kappa shape index (κ1) is 11.0. The van der Waals surface area contributed by atoms with Crippen LogP contribution in [-0.2, 0) is 17.9 Å². The number of ether oxygens (including phenoxy) is 2. The van der Waals surface area contributed by atoms with Gasteiger partial charge in [-0.2, -0.15) is 0 Å². The highest BCUT2D eigenvalue weighted by atomic mass is 16.5. The quantitative estimate of drug-likeness (QED) is 0.858. The number of benzene rings is 1. The Morgan fingerprint density at radius 2 is 2.12 bits per heavy atom. The lowest BCUT2D eigenvalue weighted by molar-refractivity contribution is 0.184. The van der Waals surface area contributed by atoms with Crippen molar-refractivity contribution in [1.29, 1.82) is 0 Å². The van der Waals surface area contributed by atoms with Crippen molar-refractivity contribution < 1.29 is 13.9 Å². The summed E-state index contributed by atoms with van der Waals surface area (Å²) in [5.74, 6) is 1.54. The van der Waals surface area contributed by atoms with Crippen LogP contribution < -0.4 is 10.5 Å². The molecule has 0 fully saturated rings. The van der Waals surface area contributed by atoms with Gasteiger partial charge in [-0.25, -0.2) is 0 Å². The average molecular weight is 221 g/mol. The summed E-state index contributed by atoms with van der Waals surface area (Å²) in [6.45, 7) is 0.877. The minimum Gasteiger partial charge on any atom is -0.497 e. The zero-order chi connectivity index (χ0) is 11.5. The molecule has 0 aliphatic rings. The molecule has 1 aromatic carbocycles. The van der Waals surface area contributed by atoms with Gasteiger partial charge < -0.3 is 19.6 Å². The zero-order valence-electron chi connectivity index (χ0n) is 9.45. The normalized spacial score (nSPS) is 10.9. The van der Waals surface area contributed by atoms with Gasteiger partial charge in [-0.1, -0.05) is 0 Å². The predicted octanol–water partition coefficient (Wildman–Crippen LogP) is 2.05. The third-order valence-corrected chi connectivity index (χ3v) is 2.56. The molecule has 2 aromatic rings. The van der Waals surface area contributed by atoms with E-state index in [1.54, 1.807) is 14.2 Å². The third kappa shape index (κ3) is 1.77. The first-order valence-electron chi connectivity index (χ1n) is 5.07. The number of methoxy groups -OCH3 is 2. The highest BCUT2D eigenvalue weighted by molar-refractivity contribution is 5.83. The van der Waals surface area contributed by atoms with Crippen LogP contribution in [0.1, 0.15) is 11.3 Å². The van der Waals surface area contributed by atoms with E-state index in [2.05, 4.69) is 0 Å². The molecule has 0 aliphatic heterocycles. The summed E-state index contributed by atoms with van der Waals surface area (Å²) >= 11 is 0. The Balaban J connectivity index is 2.58. The highest BCUT2D eigenvalue weighted by Gasteiger charge is 2.13. The monoisotopic (exact) mass is 221 g/mol. The maximum Gasteiger partial charge on any atom is 0.138 e. The maximum absolute atomic E-state index is 5.66. The van der Waals surface area contributed by atoms with Crippen LogP contribution in [0, 0.1) is 0 Å². The van der Waals surface area contributed by atoms with E-state index in [1.807, 2.05) is 18.2 Å². The summed E-state index contributed by atoms with van der Waals surface area (Å²) in [6, 6.07) is 5.72. The van der Waals surface area contributed by atoms with Crippen LogP contribution in [0.5, 0.6) is 5.75 Å². The second-order valence-corrected chi connectivity index (χ2v) is 3.50. The third-order valence-electron chi connectivity index (χ3n) is 2.56. The molecule has 4 nitrogen and oxygen atoms in total. The SMILES string of the molecule is COCc1c(CN)oc2cc(OC)ccc12. The summed E-state index contributed by atoms with van der Waals surface area (Å²) in [5, 5.41) is 1.03. The van der Waals surface area contributed by atoms with Crippen molar-refractivity contribution in [3.05, 3.63) is 29.5 Å². The molecule has 4 heteroatoms.